The number of Topliss-reactive ketones (excluding diaryl/α,β-unsaturated/α-hetero) is 2. The summed E-state index contributed by atoms with van der Waals surface area (Å²) in [6.07, 6.45) is 0. The molecule has 0 unspecified atom stereocenters. The highest BCUT2D eigenvalue weighted by Crippen LogP contribution is 2.33. The van der Waals surface area contributed by atoms with Gasteiger partial charge in [0.2, 0.25) is 11.6 Å². The Labute approximate surface area is 218 Å². The summed E-state index contributed by atoms with van der Waals surface area (Å²) in [7, 11) is 0. The molecule has 38 heavy (non-hydrogen) atoms. The highest BCUT2D eigenvalue weighted by Gasteiger charge is 2.37. The van der Waals surface area contributed by atoms with E-state index in [0.717, 1.165) is 0 Å². The quantitative estimate of drug-likeness (QED) is 0.193. The summed E-state index contributed by atoms with van der Waals surface area (Å²) in [5.74, 6) is -4.07. The summed E-state index contributed by atoms with van der Waals surface area (Å²) in [4.78, 5) is 54.7. The van der Waals surface area contributed by atoms with Crippen LogP contribution in [0.4, 0.5) is 0 Å². The lowest BCUT2D eigenvalue weighted by molar-refractivity contribution is -0.134. The van der Waals surface area contributed by atoms with E-state index in [2.05, 4.69) is 0 Å². The first-order chi connectivity index (χ1) is 18.5. The molecule has 4 aromatic rings. The van der Waals surface area contributed by atoms with Gasteiger partial charge in [-0.2, -0.15) is 0 Å². The van der Waals surface area contributed by atoms with Gasteiger partial charge in [-0.25, -0.2) is 9.59 Å². The van der Waals surface area contributed by atoms with Crippen molar-refractivity contribution >= 4 is 35.0 Å². The Morgan fingerprint density at radius 1 is 0.421 bits per heavy atom. The van der Waals surface area contributed by atoms with Gasteiger partial charge < -0.3 is 9.47 Å². The van der Waals surface area contributed by atoms with Crippen molar-refractivity contribution in [2.75, 3.05) is 0 Å². The molecule has 0 fully saturated rings. The second-order valence-electron chi connectivity index (χ2n) is 8.31. The molecule has 0 saturated heterocycles. The van der Waals surface area contributed by atoms with Gasteiger partial charge >= 0.3 is 11.9 Å². The van der Waals surface area contributed by atoms with Gasteiger partial charge in [-0.05, 0) is 0 Å². The third-order valence-electron chi connectivity index (χ3n) is 5.85. The smallest absolute Gasteiger partial charge is 0.351 e. The first-order valence-electron chi connectivity index (χ1n) is 11.8. The number of hydrogen-bond donors (Lipinski definition) is 0. The van der Waals surface area contributed by atoms with Gasteiger partial charge in [0.05, 0.1) is 0 Å². The molecule has 0 spiro atoms. The van der Waals surface area contributed by atoms with E-state index in [1.165, 1.54) is 0 Å². The molecule has 0 aliphatic carbocycles. The van der Waals surface area contributed by atoms with Crippen molar-refractivity contribution in [3.8, 4) is 0 Å². The molecule has 0 saturated carbocycles. The fourth-order valence-electron chi connectivity index (χ4n) is 4.02. The van der Waals surface area contributed by atoms with Crippen LogP contribution in [0.15, 0.2) is 132 Å². The van der Waals surface area contributed by atoms with Crippen LogP contribution in [0.5, 0.6) is 0 Å². The summed E-state index contributed by atoms with van der Waals surface area (Å²) in [5.41, 5.74) is 0.0787. The molecule has 0 amide bonds. The molecular weight excluding hydrogens is 480 g/mol. The average Bonchev–Trinajstić information content (AvgIpc) is 2.97. The Bertz CT molecular complexity index is 1460. The van der Waals surface area contributed by atoms with Crippen LogP contribution in [-0.2, 0) is 19.1 Å². The van der Waals surface area contributed by atoms with Crippen LogP contribution in [0.2, 0.25) is 0 Å². The molecule has 184 valence electrons. The van der Waals surface area contributed by atoms with E-state index < -0.39 is 34.7 Å². The fraction of sp³-hybridized carbons (Fsp3) is 0. The van der Waals surface area contributed by atoms with E-state index in [1.807, 2.05) is 0 Å². The van der Waals surface area contributed by atoms with E-state index in [4.69, 9.17) is 9.47 Å². The molecule has 1 aliphatic heterocycles. The van der Waals surface area contributed by atoms with Gasteiger partial charge in [0.1, 0.15) is 0 Å². The number of rotatable bonds is 6. The van der Waals surface area contributed by atoms with Crippen molar-refractivity contribution in [3.63, 3.8) is 0 Å². The number of carbonyl (C=O) groups is 4. The standard InChI is InChI=1S/C32H20O6/c33-27(21-13-5-1-6-14-21)25-29(23-17-9-3-10-18-23)37-32(36)26(28(34)22-15-7-2-8-16-22)30(38-31(25)35)24-19-11-4-12-20-24/h1-20H/b29-25-,30-26-. The van der Waals surface area contributed by atoms with Crippen LogP contribution in [0.1, 0.15) is 31.8 Å². The van der Waals surface area contributed by atoms with Crippen molar-refractivity contribution in [3.05, 3.63) is 155 Å². The van der Waals surface area contributed by atoms with Crippen molar-refractivity contribution in [1.29, 1.82) is 0 Å². The second-order valence-corrected chi connectivity index (χ2v) is 8.31. The summed E-state index contributed by atoms with van der Waals surface area (Å²) in [6, 6.07) is 32.8. The van der Waals surface area contributed by atoms with Crippen LogP contribution >= 0.6 is 0 Å². The van der Waals surface area contributed by atoms with Crippen LogP contribution in [0.25, 0.3) is 11.5 Å². The van der Waals surface area contributed by atoms with Gasteiger partial charge in [-0.15, -0.1) is 0 Å². The lowest BCUT2D eigenvalue weighted by Crippen LogP contribution is -2.27. The Balaban J connectivity index is 1.73. The molecule has 0 radical (unpaired) electrons. The summed E-state index contributed by atoms with van der Waals surface area (Å²) >= 11 is 0. The van der Waals surface area contributed by atoms with E-state index in [1.54, 1.807) is 121 Å². The zero-order chi connectivity index (χ0) is 26.5. The molecule has 6 nitrogen and oxygen atoms in total. The Morgan fingerprint density at radius 3 is 1.03 bits per heavy atom. The van der Waals surface area contributed by atoms with Gasteiger partial charge in [0, 0.05) is 22.3 Å². The van der Waals surface area contributed by atoms with Crippen LogP contribution in [-0.4, -0.2) is 23.5 Å². The highest BCUT2D eigenvalue weighted by molar-refractivity contribution is 6.33. The number of carbonyl (C=O) groups excluding carboxylic acids is 4. The number of cyclic esters (lactones) is 2. The van der Waals surface area contributed by atoms with Crippen molar-refractivity contribution in [1.82, 2.24) is 0 Å². The molecule has 6 heteroatoms. The number of hydrogen-bond acceptors (Lipinski definition) is 6. The zero-order valence-electron chi connectivity index (χ0n) is 20.0. The average molecular weight is 501 g/mol. The Kier molecular flexibility index (Phi) is 6.87. The minimum Gasteiger partial charge on any atom is -0.421 e. The molecule has 5 rings (SSSR count). The second kappa shape index (κ2) is 10.7. The monoisotopic (exact) mass is 500 g/mol. The number of benzene rings is 4. The molecule has 4 aromatic carbocycles. The predicted octanol–water partition coefficient (Wildman–Crippen LogP) is 5.67. The summed E-state index contributed by atoms with van der Waals surface area (Å²) < 4.78 is 11.5. The lowest BCUT2D eigenvalue weighted by Gasteiger charge is -2.21. The molecule has 1 aliphatic rings. The number of ether oxygens (including phenoxy) is 2. The SMILES string of the molecule is O=C1O/C(c2ccccc2)=C(/C(=O)c2ccccc2)C(=O)O/C(c2ccccc2)=C\1C(=O)c1ccccc1. The van der Waals surface area contributed by atoms with Crippen molar-refractivity contribution in [2.24, 2.45) is 0 Å². The van der Waals surface area contributed by atoms with E-state index >= 15 is 0 Å². The minimum absolute atomic E-state index is 0.204. The molecule has 0 aromatic heterocycles. The largest absolute Gasteiger partial charge is 0.421 e. The molecule has 0 N–H and O–H groups in total. The maximum Gasteiger partial charge on any atom is 0.351 e. The molecular formula is C32H20O6. The van der Waals surface area contributed by atoms with E-state index in [0.29, 0.717) is 11.1 Å². The number of ketones is 2. The molecule has 0 atom stereocenters. The maximum atomic E-state index is 13.7. The van der Waals surface area contributed by atoms with Gasteiger partial charge in [0.25, 0.3) is 0 Å². The summed E-state index contributed by atoms with van der Waals surface area (Å²) in [6.45, 7) is 0. The van der Waals surface area contributed by atoms with Gasteiger partial charge in [-0.1, -0.05) is 121 Å². The summed E-state index contributed by atoms with van der Waals surface area (Å²) in [5, 5.41) is 0. The molecule has 1 heterocycles. The fourth-order valence-corrected chi connectivity index (χ4v) is 4.02. The minimum atomic E-state index is -1.05. The normalized spacial score (nSPS) is 17.6. The third-order valence-corrected chi connectivity index (χ3v) is 5.85. The predicted molar refractivity (Wildman–Crippen MR) is 140 cm³/mol. The number of esters is 2. The van der Waals surface area contributed by atoms with Crippen LogP contribution < -0.4 is 0 Å². The van der Waals surface area contributed by atoms with Crippen LogP contribution in [0.3, 0.4) is 0 Å². The Morgan fingerprint density at radius 2 is 0.711 bits per heavy atom. The maximum absolute atomic E-state index is 13.7. The van der Waals surface area contributed by atoms with Gasteiger partial charge in [-0.3, -0.25) is 9.59 Å². The lowest BCUT2D eigenvalue weighted by atomic mass is 9.96. The third kappa shape index (κ3) is 4.83. The van der Waals surface area contributed by atoms with E-state index in [-0.39, 0.29) is 22.6 Å². The first-order valence-corrected chi connectivity index (χ1v) is 11.8. The molecule has 0 bridgehead atoms. The van der Waals surface area contributed by atoms with E-state index in [9.17, 15) is 19.2 Å². The van der Waals surface area contributed by atoms with Crippen LogP contribution in [0, 0.1) is 0 Å². The zero-order valence-corrected chi connectivity index (χ0v) is 20.0. The van der Waals surface area contributed by atoms with Gasteiger partial charge in [0.15, 0.2) is 22.7 Å². The van der Waals surface area contributed by atoms with Crippen molar-refractivity contribution in [2.45, 2.75) is 0 Å². The Hall–Kier alpha value is -5.36. The van der Waals surface area contributed by atoms with Crippen molar-refractivity contribution < 1.29 is 28.7 Å². The highest BCUT2D eigenvalue weighted by atomic mass is 16.6. The topological polar surface area (TPSA) is 86.7 Å². The first kappa shape index (κ1) is 24.3.